The number of alkyl halides is 2. The number of halogens is 2. The van der Waals surface area contributed by atoms with Crippen LogP contribution in [0.5, 0.6) is 0 Å². The molecule has 0 aliphatic rings. The minimum atomic E-state index is -3.15. The third-order valence-corrected chi connectivity index (χ3v) is 3.82. The van der Waals surface area contributed by atoms with Gasteiger partial charge in [-0.25, -0.2) is 13.6 Å². The number of benzene rings is 1. The number of carbonyl (C=O) groups is 1. The van der Waals surface area contributed by atoms with Gasteiger partial charge in [-0.3, -0.25) is 0 Å². The predicted octanol–water partition coefficient (Wildman–Crippen LogP) is 7.03. The maximum absolute atomic E-state index is 14.2. The average molecular weight is 403 g/mol. The third kappa shape index (κ3) is 9.38. The van der Waals surface area contributed by atoms with Gasteiger partial charge in [0.1, 0.15) is 0 Å². The molecule has 1 N–H and O–H groups in total. The SMILES string of the molecule is C=C(/C(=C\C(C#CC(=O)O)=C/C)C(C)(F)F)c1ccc(C(C)(C)C)cc1.CCC. The monoisotopic (exact) mass is 402 g/mol. The standard InChI is InChI=1S/C22H24F2O2.C3H8/c1-7-16(8-13-20(25)26)14-19(22(6,23)24)15(2)17-9-11-18(12-10-17)21(3,4)5;1-3-2/h7,9-12,14H,2H2,1,3-6H3,(H,25,26);3H2,1-2H3/b16-7-,19-14+;. The molecule has 0 atom stereocenters. The van der Waals surface area contributed by atoms with Gasteiger partial charge in [0, 0.05) is 24.0 Å². The van der Waals surface area contributed by atoms with Crippen molar-refractivity contribution >= 4 is 11.5 Å². The minimum Gasteiger partial charge on any atom is -0.472 e. The number of hydrogen-bond acceptors (Lipinski definition) is 1. The number of rotatable bonds is 4. The highest BCUT2D eigenvalue weighted by Gasteiger charge is 2.30. The summed E-state index contributed by atoms with van der Waals surface area (Å²) in [7, 11) is 0. The number of carboxylic acids is 1. The molecule has 0 heterocycles. The summed E-state index contributed by atoms with van der Waals surface area (Å²) in [6.45, 7) is 16.7. The summed E-state index contributed by atoms with van der Waals surface area (Å²) >= 11 is 0. The second kappa shape index (κ2) is 11.4. The summed E-state index contributed by atoms with van der Waals surface area (Å²) in [4.78, 5) is 10.6. The van der Waals surface area contributed by atoms with Gasteiger partial charge < -0.3 is 5.11 Å². The molecule has 2 nitrogen and oxygen atoms in total. The first-order valence-corrected chi connectivity index (χ1v) is 9.59. The molecule has 1 rings (SSSR count). The van der Waals surface area contributed by atoms with Crippen LogP contribution in [0.1, 0.15) is 66.0 Å². The van der Waals surface area contributed by atoms with Crippen molar-refractivity contribution in [3.8, 4) is 11.8 Å². The average Bonchev–Trinajstić information content (AvgIpc) is 2.60. The molecule has 4 heteroatoms. The zero-order chi connectivity index (χ0) is 22.8. The highest BCUT2D eigenvalue weighted by atomic mass is 19.3. The Labute approximate surface area is 174 Å². The quantitative estimate of drug-likeness (QED) is 0.434. The van der Waals surface area contributed by atoms with Gasteiger partial charge in [0.25, 0.3) is 5.92 Å². The molecule has 0 aromatic heterocycles. The van der Waals surface area contributed by atoms with Crippen LogP contribution in [-0.2, 0) is 10.2 Å². The lowest BCUT2D eigenvalue weighted by Crippen LogP contribution is -2.16. The summed E-state index contributed by atoms with van der Waals surface area (Å²) in [5, 5.41) is 8.64. The van der Waals surface area contributed by atoms with Crippen molar-refractivity contribution in [2.75, 3.05) is 0 Å². The van der Waals surface area contributed by atoms with Crippen molar-refractivity contribution in [1.29, 1.82) is 0 Å². The lowest BCUT2D eigenvalue weighted by Gasteiger charge is -2.21. The van der Waals surface area contributed by atoms with Gasteiger partial charge in [-0.1, -0.05) is 83.9 Å². The summed E-state index contributed by atoms with van der Waals surface area (Å²) in [6, 6.07) is 7.32. The van der Waals surface area contributed by atoms with E-state index in [1.54, 1.807) is 19.1 Å². The molecule has 0 spiro atoms. The van der Waals surface area contributed by atoms with Crippen molar-refractivity contribution in [1.82, 2.24) is 0 Å². The van der Waals surface area contributed by atoms with Gasteiger partial charge >= 0.3 is 5.97 Å². The van der Waals surface area contributed by atoms with E-state index in [4.69, 9.17) is 5.11 Å². The highest BCUT2D eigenvalue weighted by molar-refractivity contribution is 5.87. The van der Waals surface area contributed by atoms with Crippen LogP contribution in [0.25, 0.3) is 5.57 Å². The third-order valence-electron chi connectivity index (χ3n) is 3.82. The number of carboxylic acid groups (broad SMARTS) is 1. The minimum absolute atomic E-state index is 0.0439. The van der Waals surface area contributed by atoms with Crippen LogP contribution in [-0.4, -0.2) is 17.0 Å². The molecule has 0 radical (unpaired) electrons. The maximum atomic E-state index is 14.2. The fourth-order valence-electron chi connectivity index (χ4n) is 2.28. The van der Waals surface area contributed by atoms with E-state index in [-0.39, 0.29) is 22.1 Å². The normalized spacial score (nSPS) is 12.3. The molecule has 1 aromatic carbocycles. The summed E-state index contributed by atoms with van der Waals surface area (Å²) < 4.78 is 28.3. The smallest absolute Gasteiger partial charge is 0.382 e. The van der Waals surface area contributed by atoms with E-state index in [0.29, 0.717) is 5.56 Å². The van der Waals surface area contributed by atoms with E-state index in [2.05, 4.69) is 47.1 Å². The van der Waals surface area contributed by atoms with Gasteiger partial charge in [0.15, 0.2) is 0 Å². The molecule has 0 bridgehead atoms. The Morgan fingerprint density at radius 1 is 1.10 bits per heavy atom. The summed E-state index contributed by atoms with van der Waals surface area (Å²) in [5.41, 5.74) is 1.69. The Morgan fingerprint density at radius 3 is 1.93 bits per heavy atom. The van der Waals surface area contributed by atoms with Gasteiger partial charge in [-0.05, 0) is 35.1 Å². The lowest BCUT2D eigenvalue weighted by molar-refractivity contribution is -0.130. The van der Waals surface area contributed by atoms with Crippen molar-refractivity contribution in [2.45, 2.75) is 66.2 Å². The topological polar surface area (TPSA) is 37.3 Å². The second-order valence-corrected chi connectivity index (χ2v) is 7.76. The fraction of sp³-hybridized carbons (Fsp3) is 0.400. The van der Waals surface area contributed by atoms with Crippen LogP contribution in [0.3, 0.4) is 0 Å². The molecule has 0 fully saturated rings. The van der Waals surface area contributed by atoms with E-state index in [0.717, 1.165) is 12.5 Å². The Bertz CT molecular complexity index is 819. The molecule has 1 aromatic rings. The highest BCUT2D eigenvalue weighted by Crippen LogP contribution is 2.35. The molecule has 0 unspecified atom stereocenters. The maximum Gasteiger partial charge on any atom is 0.382 e. The Morgan fingerprint density at radius 2 is 1.59 bits per heavy atom. The molecule has 0 saturated heterocycles. The van der Waals surface area contributed by atoms with Crippen molar-refractivity contribution < 1.29 is 18.7 Å². The Hall–Kier alpha value is -2.67. The molecule has 0 aliphatic carbocycles. The fourth-order valence-corrected chi connectivity index (χ4v) is 2.28. The molecule has 0 aliphatic heterocycles. The summed E-state index contributed by atoms with van der Waals surface area (Å²) in [5.74, 6) is -0.171. The molecular formula is C25H32F2O2. The van der Waals surface area contributed by atoms with Crippen LogP contribution in [0.4, 0.5) is 8.78 Å². The van der Waals surface area contributed by atoms with E-state index in [9.17, 15) is 13.6 Å². The predicted molar refractivity (Wildman–Crippen MR) is 118 cm³/mol. The Balaban J connectivity index is 0.00000245. The Kier molecular flexibility index (Phi) is 10.3. The molecule has 29 heavy (non-hydrogen) atoms. The first kappa shape index (κ1) is 26.3. The first-order valence-electron chi connectivity index (χ1n) is 9.59. The van der Waals surface area contributed by atoms with E-state index >= 15 is 0 Å². The first-order chi connectivity index (χ1) is 13.3. The van der Waals surface area contributed by atoms with Crippen molar-refractivity contribution in [3.05, 3.63) is 65.3 Å². The molecular weight excluding hydrogens is 370 g/mol. The van der Waals surface area contributed by atoms with E-state index in [1.165, 1.54) is 18.6 Å². The molecule has 0 saturated carbocycles. The van der Waals surface area contributed by atoms with Crippen LogP contribution in [0, 0.1) is 11.8 Å². The second-order valence-electron chi connectivity index (χ2n) is 7.76. The molecule has 158 valence electrons. The van der Waals surface area contributed by atoms with E-state index < -0.39 is 11.9 Å². The summed E-state index contributed by atoms with van der Waals surface area (Å²) in [6.07, 6.45) is 3.92. The van der Waals surface area contributed by atoms with Crippen molar-refractivity contribution in [3.63, 3.8) is 0 Å². The number of hydrogen-bond donors (Lipinski definition) is 1. The van der Waals surface area contributed by atoms with Crippen molar-refractivity contribution in [2.24, 2.45) is 0 Å². The molecule has 0 amide bonds. The van der Waals surface area contributed by atoms with Gasteiger partial charge in [-0.15, -0.1) is 0 Å². The van der Waals surface area contributed by atoms with Crippen LogP contribution >= 0.6 is 0 Å². The van der Waals surface area contributed by atoms with Crippen LogP contribution in [0.15, 0.2) is 54.1 Å². The van der Waals surface area contributed by atoms with Gasteiger partial charge in [0.2, 0.25) is 0 Å². The lowest BCUT2D eigenvalue weighted by atomic mass is 9.85. The number of allylic oxidation sites excluding steroid dienone is 5. The largest absolute Gasteiger partial charge is 0.472 e. The van der Waals surface area contributed by atoms with Gasteiger partial charge in [-0.2, -0.15) is 0 Å². The van der Waals surface area contributed by atoms with Gasteiger partial charge in [0.05, 0.1) is 0 Å². The van der Waals surface area contributed by atoms with Crippen LogP contribution < -0.4 is 0 Å². The van der Waals surface area contributed by atoms with E-state index in [1.807, 2.05) is 18.1 Å². The zero-order valence-corrected chi connectivity index (χ0v) is 18.5. The number of aliphatic carboxylic acids is 1. The zero-order valence-electron chi connectivity index (χ0n) is 18.5. The van der Waals surface area contributed by atoms with Crippen LogP contribution in [0.2, 0.25) is 0 Å².